The Balaban J connectivity index is 0. The topological polar surface area (TPSA) is 63.3 Å². The molecule has 0 bridgehead atoms. The van der Waals surface area contributed by atoms with Gasteiger partial charge in [0.15, 0.2) is 0 Å². The van der Waals surface area contributed by atoms with Crippen LogP contribution in [-0.4, -0.2) is 24.3 Å². The average Bonchev–Trinajstić information content (AvgIpc) is 1.69. The molecule has 3 N–H and O–H groups in total. The molecule has 3 nitrogen and oxygen atoms in total. The predicted octanol–water partition coefficient (Wildman–Crippen LogP) is 0.208. The molecule has 6 heteroatoms. The van der Waals surface area contributed by atoms with Crippen LogP contribution in [0.15, 0.2) is 0 Å². The van der Waals surface area contributed by atoms with Gasteiger partial charge in [0.2, 0.25) is 0 Å². The molecule has 0 amide bonds. The van der Waals surface area contributed by atoms with Crippen LogP contribution < -0.4 is 5.73 Å². The Morgan fingerprint density at radius 1 is 1.44 bits per heavy atom. The first-order valence-electron chi connectivity index (χ1n) is 1.82. The van der Waals surface area contributed by atoms with Gasteiger partial charge in [0.25, 0.3) is 0 Å². The van der Waals surface area contributed by atoms with E-state index < -0.39 is 12.1 Å². The van der Waals surface area contributed by atoms with Crippen molar-refractivity contribution in [3.8, 4) is 0 Å². The van der Waals surface area contributed by atoms with E-state index in [1.165, 1.54) is 7.05 Å². The fourth-order valence-corrected chi connectivity index (χ4v) is 0. The first kappa shape index (κ1) is 11.1. The molecule has 0 aliphatic rings. The number of rotatable bonds is 0. The predicted molar refractivity (Wildman–Crippen MR) is 23.8 cm³/mol. The molecule has 0 aromatic carbocycles. The molecule has 0 atom stereocenters. The molecule has 0 rings (SSSR count). The maximum absolute atomic E-state index is 10.6. The molecule has 0 unspecified atom stereocenters. The molecule has 0 aliphatic heterocycles. The van der Waals surface area contributed by atoms with E-state index in [0.717, 1.165) is 0 Å². The van der Waals surface area contributed by atoms with E-state index in [0.29, 0.717) is 0 Å². The molecule has 9 heavy (non-hydrogen) atoms. The van der Waals surface area contributed by atoms with Gasteiger partial charge in [0, 0.05) is 0 Å². The summed E-state index contributed by atoms with van der Waals surface area (Å²) in [6.45, 7) is 0. The van der Waals surface area contributed by atoms with Gasteiger partial charge in [-0.1, -0.05) is 0 Å². The van der Waals surface area contributed by atoms with Gasteiger partial charge in [0.05, 0.1) is 0 Å². The molecule has 0 aromatic heterocycles. The second-order valence-corrected chi connectivity index (χ2v) is 0.803. The quantitative estimate of drug-likeness (QED) is 0.512. The highest BCUT2D eigenvalue weighted by Crippen LogP contribution is 2.13. The van der Waals surface area contributed by atoms with Crippen LogP contribution in [0.1, 0.15) is 0 Å². The monoisotopic (exact) mass is 145 g/mol. The van der Waals surface area contributed by atoms with Crippen molar-refractivity contribution in [2.45, 2.75) is 6.18 Å². The molecule has 0 spiro atoms. The third-order valence-corrected chi connectivity index (χ3v) is 0.243. The first-order chi connectivity index (χ1) is 3.94. The number of carboxylic acid groups (broad SMARTS) is 1. The van der Waals surface area contributed by atoms with Crippen molar-refractivity contribution in [2.24, 2.45) is 5.73 Å². The van der Waals surface area contributed by atoms with Crippen LogP contribution in [0.5, 0.6) is 0 Å². The Kier molecular flexibility index (Phi) is 5.09. The minimum absolute atomic E-state index is 1.50. The number of hydrogen-bond acceptors (Lipinski definition) is 2. The van der Waals surface area contributed by atoms with Gasteiger partial charge in [-0.15, -0.1) is 0 Å². The molecule has 0 heterocycles. The van der Waals surface area contributed by atoms with Crippen LogP contribution in [0.4, 0.5) is 13.2 Å². The second kappa shape index (κ2) is 4.13. The number of carboxylic acids is 1. The summed E-state index contributed by atoms with van der Waals surface area (Å²) >= 11 is 0. The molecule has 0 saturated heterocycles. The van der Waals surface area contributed by atoms with Crippen LogP contribution in [-0.2, 0) is 4.79 Å². The third-order valence-electron chi connectivity index (χ3n) is 0.243. The third kappa shape index (κ3) is 7.22. The van der Waals surface area contributed by atoms with Crippen molar-refractivity contribution < 1.29 is 23.1 Å². The summed E-state index contributed by atoms with van der Waals surface area (Å²) in [6.07, 6.45) is -5.08. The molecule has 0 aliphatic carbocycles. The zero-order valence-corrected chi connectivity index (χ0v) is 4.57. The summed E-state index contributed by atoms with van der Waals surface area (Å²) < 4.78 is 31.7. The van der Waals surface area contributed by atoms with Crippen molar-refractivity contribution in [3.63, 3.8) is 0 Å². The highest BCUT2D eigenvalue weighted by Gasteiger charge is 2.38. The minimum Gasteiger partial charge on any atom is -0.475 e. The van der Waals surface area contributed by atoms with Gasteiger partial charge < -0.3 is 10.8 Å². The molecule has 0 saturated carbocycles. The number of carbonyl (C=O) groups is 1. The van der Waals surface area contributed by atoms with Crippen LogP contribution in [0.3, 0.4) is 0 Å². The zero-order valence-electron chi connectivity index (χ0n) is 4.57. The number of nitrogens with two attached hydrogens (primary N) is 1. The van der Waals surface area contributed by atoms with E-state index in [-0.39, 0.29) is 0 Å². The first-order valence-corrected chi connectivity index (χ1v) is 1.82. The highest BCUT2D eigenvalue weighted by molar-refractivity contribution is 5.73. The van der Waals surface area contributed by atoms with Crippen molar-refractivity contribution in [1.82, 2.24) is 0 Å². The summed E-state index contributed by atoms with van der Waals surface area (Å²) in [5.74, 6) is -2.76. The van der Waals surface area contributed by atoms with E-state index in [2.05, 4.69) is 5.73 Å². The molecule has 0 aromatic rings. The summed E-state index contributed by atoms with van der Waals surface area (Å²) in [4.78, 5) is 8.90. The second-order valence-electron chi connectivity index (χ2n) is 0.803. The number of aliphatic carboxylic acids is 1. The van der Waals surface area contributed by atoms with Gasteiger partial charge in [0.1, 0.15) is 0 Å². The van der Waals surface area contributed by atoms with Crippen LogP contribution in [0.2, 0.25) is 0 Å². The summed E-state index contributed by atoms with van der Waals surface area (Å²) in [5.41, 5.74) is 4.50. The minimum atomic E-state index is -5.08. The molecule has 0 radical (unpaired) electrons. The van der Waals surface area contributed by atoms with E-state index in [1.807, 2.05) is 0 Å². The standard InChI is InChI=1S/C2HF3O2.CH5N/c3-2(4,5)1(6)7;1-2/h(H,6,7);2H2,1H3. The Labute approximate surface area is 49.3 Å². The Hall–Kier alpha value is -0.780. The maximum Gasteiger partial charge on any atom is 0.490 e. The average molecular weight is 145 g/mol. The SMILES string of the molecule is CN.O=C(O)C(F)(F)F. The van der Waals surface area contributed by atoms with Gasteiger partial charge >= 0.3 is 12.1 Å². The van der Waals surface area contributed by atoms with E-state index in [9.17, 15) is 13.2 Å². The van der Waals surface area contributed by atoms with Crippen molar-refractivity contribution in [1.29, 1.82) is 0 Å². The fourth-order valence-electron chi connectivity index (χ4n) is 0. The van der Waals surface area contributed by atoms with Gasteiger partial charge in [-0.25, -0.2) is 4.79 Å². The van der Waals surface area contributed by atoms with Gasteiger partial charge in [-0.05, 0) is 7.05 Å². The van der Waals surface area contributed by atoms with Gasteiger partial charge in [-0.3, -0.25) is 0 Å². The normalized spacial score (nSPS) is 9.44. The summed E-state index contributed by atoms with van der Waals surface area (Å²) in [7, 11) is 1.50. The van der Waals surface area contributed by atoms with Crippen molar-refractivity contribution in [2.75, 3.05) is 7.05 Å². The Bertz CT molecular complexity index is 89.5. The van der Waals surface area contributed by atoms with Crippen molar-refractivity contribution in [3.05, 3.63) is 0 Å². The fraction of sp³-hybridized carbons (Fsp3) is 0.667. The lowest BCUT2D eigenvalue weighted by Crippen LogP contribution is -2.21. The smallest absolute Gasteiger partial charge is 0.475 e. The van der Waals surface area contributed by atoms with E-state index in [4.69, 9.17) is 9.90 Å². The van der Waals surface area contributed by atoms with E-state index >= 15 is 0 Å². The Morgan fingerprint density at radius 2 is 1.56 bits per heavy atom. The highest BCUT2D eigenvalue weighted by atomic mass is 19.4. The van der Waals surface area contributed by atoms with Crippen LogP contribution in [0, 0.1) is 0 Å². The van der Waals surface area contributed by atoms with Gasteiger partial charge in [-0.2, -0.15) is 13.2 Å². The van der Waals surface area contributed by atoms with Crippen LogP contribution >= 0.6 is 0 Å². The Morgan fingerprint density at radius 3 is 1.56 bits per heavy atom. The number of alkyl halides is 3. The lowest BCUT2D eigenvalue weighted by molar-refractivity contribution is -0.192. The lowest BCUT2D eigenvalue weighted by atomic mass is 10.7. The lowest BCUT2D eigenvalue weighted by Gasteiger charge is -1.93. The summed E-state index contributed by atoms with van der Waals surface area (Å²) in [6, 6.07) is 0. The van der Waals surface area contributed by atoms with Crippen molar-refractivity contribution >= 4 is 5.97 Å². The molecule has 0 fully saturated rings. The molecule has 56 valence electrons. The molecular weight excluding hydrogens is 139 g/mol. The zero-order chi connectivity index (χ0) is 8.08. The number of hydrogen-bond donors (Lipinski definition) is 2. The van der Waals surface area contributed by atoms with E-state index in [1.54, 1.807) is 0 Å². The maximum atomic E-state index is 10.6. The summed E-state index contributed by atoms with van der Waals surface area (Å²) in [5, 5.41) is 7.12. The largest absolute Gasteiger partial charge is 0.490 e. The van der Waals surface area contributed by atoms with Crippen LogP contribution in [0.25, 0.3) is 0 Å². The molecular formula is C3H6F3NO2. The number of halogens is 3.